The van der Waals surface area contributed by atoms with E-state index in [0.717, 1.165) is 12.3 Å². The molecule has 0 amide bonds. The van der Waals surface area contributed by atoms with Gasteiger partial charge in [-0.3, -0.25) is 0 Å². The second kappa shape index (κ2) is 4.44. The molecule has 0 atom stereocenters. The molecule has 0 radical (unpaired) electrons. The van der Waals surface area contributed by atoms with Crippen LogP contribution < -0.4 is 9.64 Å². The molecule has 84 valence electrons. The summed E-state index contributed by atoms with van der Waals surface area (Å²) in [5, 5.41) is 2.46. The smallest absolute Gasteiger partial charge is 0.119 e. The lowest BCUT2D eigenvalue weighted by Gasteiger charge is -2.17. The molecule has 0 aliphatic heterocycles. The van der Waals surface area contributed by atoms with E-state index in [-0.39, 0.29) is 0 Å². The summed E-state index contributed by atoms with van der Waals surface area (Å²) in [7, 11) is 3.80. The molecule has 0 bridgehead atoms. The number of rotatable bonds is 3. The summed E-state index contributed by atoms with van der Waals surface area (Å²) in [6, 6.07) is 12.6. The number of anilines is 1. The Morgan fingerprint density at radius 1 is 1.06 bits per heavy atom. The van der Waals surface area contributed by atoms with Gasteiger partial charge in [0.25, 0.3) is 0 Å². The summed E-state index contributed by atoms with van der Waals surface area (Å²) in [5.41, 5.74) is 1.25. The molecule has 2 heteroatoms. The first-order valence-corrected chi connectivity index (χ1v) is 5.53. The molecule has 0 unspecified atom stereocenters. The summed E-state index contributed by atoms with van der Waals surface area (Å²) in [6.07, 6.45) is 0. The first-order valence-electron chi connectivity index (χ1n) is 5.53. The van der Waals surface area contributed by atoms with Crippen molar-refractivity contribution in [1.29, 1.82) is 0 Å². The minimum Gasteiger partial charge on any atom is -0.497 e. The van der Waals surface area contributed by atoms with Crippen LogP contribution in [0.25, 0.3) is 10.8 Å². The van der Waals surface area contributed by atoms with Crippen LogP contribution in [0.4, 0.5) is 5.69 Å². The molecule has 0 aliphatic rings. The van der Waals surface area contributed by atoms with Crippen molar-refractivity contribution in [1.82, 2.24) is 0 Å². The van der Waals surface area contributed by atoms with Crippen LogP contribution >= 0.6 is 0 Å². The van der Waals surface area contributed by atoms with Gasteiger partial charge in [-0.1, -0.05) is 12.1 Å². The number of hydrogen-bond acceptors (Lipinski definition) is 2. The maximum Gasteiger partial charge on any atom is 0.119 e. The Bertz CT molecular complexity index is 493. The molecule has 0 aromatic heterocycles. The lowest BCUT2D eigenvalue weighted by atomic mass is 10.1. The van der Waals surface area contributed by atoms with Gasteiger partial charge in [-0.15, -0.1) is 0 Å². The first-order chi connectivity index (χ1) is 7.74. The van der Waals surface area contributed by atoms with E-state index in [1.807, 2.05) is 6.07 Å². The van der Waals surface area contributed by atoms with Gasteiger partial charge in [-0.05, 0) is 42.0 Å². The zero-order valence-corrected chi connectivity index (χ0v) is 10.0. The highest BCUT2D eigenvalue weighted by molar-refractivity contribution is 5.87. The van der Waals surface area contributed by atoms with Crippen molar-refractivity contribution in [2.24, 2.45) is 0 Å². The maximum absolute atomic E-state index is 5.21. The quantitative estimate of drug-likeness (QED) is 0.779. The van der Waals surface area contributed by atoms with Crippen LogP contribution in [0.1, 0.15) is 6.92 Å². The average Bonchev–Trinajstić information content (AvgIpc) is 2.36. The van der Waals surface area contributed by atoms with Gasteiger partial charge in [0.15, 0.2) is 0 Å². The Morgan fingerprint density at radius 3 is 2.44 bits per heavy atom. The van der Waals surface area contributed by atoms with Crippen LogP contribution in [0.5, 0.6) is 5.75 Å². The Kier molecular flexibility index (Phi) is 3.00. The van der Waals surface area contributed by atoms with E-state index in [0.29, 0.717) is 0 Å². The zero-order chi connectivity index (χ0) is 11.5. The first kappa shape index (κ1) is 10.8. The topological polar surface area (TPSA) is 12.5 Å². The van der Waals surface area contributed by atoms with Crippen molar-refractivity contribution in [2.75, 3.05) is 25.6 Å². The number of benzene rings is 2. The fraction of sp³-hybridized carbons (Fsp3) is 0.286. The molecule has 2 rings (SSSR count). The second-order valence-electron chi connectivity index (χ2n) is 3.91. The third kappa shape index (κ3) is 1.96. The monoisotopic (exact) mass is 215 g/mol. The zero-order valence-electron chi connectivity index (χ0n) is 10.0. The van der Waals surface area contributed by atoms with Crippen molar-refractivity contribution in [3.05, 3.63) is 36.4 Å². The Labute approximate surface area is 96.4 Å². The van der Waals surface area contributed by atoms with Crippen molar-refractivity contribution in [3.63, 3.8) is 0 Å². The molecule has 0 spiro atoms. The van der Waals surface area contributed by atoms with Gasteiger partial charge in [0.2, 0.25) is 0 Å². The molecular weight excluding hydrogens is 198 g/mol. The standard InChI is InChI=1S/C14H17NO/c1-4-15(2)13-7-5-12-10-14(16-3)8-6-11(12)9-13/h5-10H,4H2,1-3H3. The molecule has 0 saturated heterocycles. The summed E-state index contributed by atoms with van der Waals surface area (Å²) in [5.74, 6) is 0.907. The maximum atomic E-state index is 5.21. The number of hydrogen-bond donors (Lipinski definition) is 0. The van der Waals surface area contributed by atoms with E-state index >= 15 is 0 Å². The minimum atomic E-state index is 0.907. The van der Waals surface area contributed by atoms with Crippen molar-refractivity contribution < 1.29 is 4.74 Å². The van der Waals surface area contributed by atoms with Gasteiger partial charge in [0, 0.05) is 19.3 Å². The minimum absolute atomic E-state index is 0.907. The summed E-state index contributed by atoms with van der Waals surface area (Å²) < 4.78 is 5.21. The largest absolute Gasteiger partial charge is 0.497 e. The highest BCUT2D eigenvalue weighted by Gasteiger charge is 2.01. The van der Waals surface area contributed by atoms with Crippen LogP contribution in [0, 0.1) is 0 Å². The van der Waals surface area contributed by atoms with Crippen molar-refractivity contribution in [3.8, 4) is 5.75 Å². The van der Waals surface area contributed by atoms with Gasteiger partial charge in [-0.2, -0.15) is 0 Å². The molecule has 0 saturated carbocycles. The van der Waals surface area contributed by atoms with Crippen LogP contribution in [0.15, 0.2) is 36.4 Å². The summed E-state index contributed by atoms with van der Waals surface area (Å²) in [4.78, 5) is 2.23. The van der Waals surface area contributed by atoms with Crippen molar-refractivity contribution in [2.45, 2.75) is 6.92 Å². The number of methoxy groups -OCH3 is 1. The van der Waals surface area contributed by atoms with Gasteiger partial charge in [0.05, 0.1) is 7.11 Å². The van der Waals surface area contributed by atoms with E-state index in [2.05, 4.69) is 49.2 Å². The normalized spacial score (nSPS) is 10.4. The van der Waals surface area contributed by atoms with Gasteiger partial charge in [-0.25, -0.2) is 0 Å². The van der Waals surface area contributed by atoms with E-state index in [1.54, 1.807) is 7.11 Å². The highest BCUT2D eigenvalue weighted by Crippen LogP contribution is 2.24. The SMILES string of the molecule is CCN(C)c1ccc2cc(OC)ccc2c1. The average molecular weight is 215 g/mol. The van der Waals surface area contributed by atoms with E-state index in [4.69, 9.17) is 4.74 Å². The Hall–Kier alpha value is -1.70. The fourth-order valence-corrected chi connectivity index (χ4v) is 1.76. The molecule has 0 aliphatic carbocycles. The third-order valence-corrected chi connectivity index (χ3v) is 2.95. The predicted molar refractivity (Wildman–Crippen MR) is 69.4 cm³/mol. The summed E-state index contributed by atoms with van der Waals surface area (Å²) in [6.45, 7) is 3.17. The number of nitrogens with zero attached hydrogens (tertiary/aromatic N) is 1. The van der Waals surface area contributed by atoms with Crippen molar-refractivity contribution >= 4 is 16.5 Å². The van der Waals surface area contributed by atoms with E-state index in [1.165, 1.54) is 16.5 Å². The molecular formula is C14H17NO. The van der Waals surface area contributed by atoms with Gasteiger partial charge < -0.3 is 9.64 Å². The summed E-state index contributed by atoms with van der Waals surface area (Å²) >= 11 is 0. The molecule has 2 nitrogen and oxygen atoms in total. The Morgan fingerprint density at radius 2 is 1.75 bits per heavy atom. The highest BCUT2D eigenvalue weighted by atomic mass is 16.5. The second-order valence-corrected chi connectivity index (χ2v) is 3.91. The molecule has 0 heterocycles. The Balaban J connectivity index is 2.47. The third-order valence-electron chi connectivity index (χ3n) is 2.95. The molecule has 0 fully saturated rings. The van der Waals surface area contributed by atoms with E-state index < -0.39 is 0 Å². The molecule has 2 aromatic rings. The van der Waals surface area contributed by atoms with Crippen LogP contribution in [-0.2, 0) is 0 Å². The molecule has 2 aromatic carbocycles. The lowest BCUT2D eigenvalue weighted by Crippen LogP contribution is -2.15. The number of ether oxygens (including phenoxy) is 1. The van der Waals surface area contributed by atoms with Crippen LogP contribution in [-0.4, -0.2) is 20.7 Å². The molecule has 0 N–H and O–H groups in total. The van der Waals surface area contributed by atoms with Crippen LogP contribution in [0.2, 0.25) is 0 Å². The van der Waals surface area contributed by atoms with Gasteiger partial charge in [0.1, 0.15) is 5.75 Å². The molecule has 16 heavy (non-hydrogen) atoms. The lowest BCUT2D eigenvalue weighted by molar-refractivity contribution is 0.415. The fourth-order valence-electron chi connectivity index (χ4n) is 1.76. The number of fused-ring (bicyclic) bond motifs is 1. The van der Waals surface area contributed by atoms with Crippen LogP contribution in [0.3, 0.4) is 0 Å². The van der Waals surface area contributed by atoms with E-state index in [9.17, 15) is 0 Å². The van der Waals surface area contributed by atoms with Gasteiger partial charge >= 0.3 is 0 Å². The predicted octanol–water partition coefficient (Wildman–Crippen LogP) is 3.30.